The number of anilines is 2. The Morgan fingerprint density at radius 3 is 2.39 bits per heavy atom. The molecule has 0 radical (unpaired) electrons. The number of amides is 3. The lowest BCUT2D eigenvalue weighted by Gasteiger charge is -2.42. The van der Waals surface area contributed by atoms with E-state index in [4.69, 9.17) is 14.2 Å². The number of urea groups is 1. The first-order valence-electron chi connectivity index (χ1n) is 16.3. The van der Waals surface area contributed by atoms with Crippen LogP contribution >= 0.6 is 0 Å². The van der Waals surface area contributed by atoms with Gasteiger partial charge in [-0.2, -0.15) is 0 Å². The number of fused-ring (bicyclic) bond motifs is 2. The molecule has 2 aliphatic rings. The molecule has 2 unspecified atom stereocenters. The van der Waals surface area contributed by atoms with E-state index < -0.39 is 11.5 Å². The Morgan fingerprint density at radius 2 is 1.72 bits per heavy atom. The van der Waals surface area contributed by atoms with Gasteiger partial charge in [-0.15, -0.1) is 0 Å². The van der Waals surface area contributed by atoms with Gasteiger partial charge in [0.05, 0.1) is 7.11 Å². The number of carbonyl (C=O) groups is 2. The quantitative estimate of drug-likeness (QED) is 0.211. The van der Waals surface area contributed by atoms with Gasteiger partial charge in [-0.1, -0.05) is 13.8 Å². The van der Waals surface area contributed by atoms with Crippen molar-refractivity contribution in [1.29, 1.82) is 0 Å². The summed E-state index contributed by atoms with van der Waals surface area (Å²) in [5, 5.41) is 5.78. The van der Waals surface area contributed by atoms with Crippen molar-refractivity contribution in [3.8, 4) is 23.0 Å². The van der Waals surface area contributed by atoms with Gasteiger partial charge < -0.3 is 29.7 Å². The molecule has 2 fully saturated rings. The summed E-state index contributed by atoms with van der Waals surface area (Å²) in [6, 6.07) is 17.0. The fourth-order valence-electron chi connectivity index (χ4n) is 6.54. The molecule has 3 amide bonds. The monoisotopic (exact) mass is 632 g/mol. The summed E-state index contributed by atoms with van der Waals surface area (Å²) in [6.07, 6.45) is 6.72. The first-order valence-corrected chi connectivity index (χ1v) is 16.3. The molecule has 3 aromatic carbocycles. The first-order chi connectivity index (χ1) is 22.2. The van der Waals surface area contributed by atoms with Crippen molar-refractivity contribution in [2.45, 2.75) is 83.5 Å². The molecule has 3 aromatic rings. The Kier molecular flexibility index (Phi) is 10.4. The number of nitrogens with zero attached hydrogens (tertiary/aromatic N) is 2. The second kappa shape index (κ2) is 14.4. The maximum Gasteiger partial charge on any atom is 0.319 e. The molecule has 0 spiro atoms. The number of carbonyl (C=O) groups excluding carboxylic acids is 2. The van der Waals surface area contributed by atoms with Crippen molar-refractivity contribution < 1.29 is 28.2 Å². The van der Waals surface area contributed by atoms with Gasteiger partial charge >= 0.3 is 6.03 Å². The summed E-state index contributed by atoms with van der Waals surface area (Å²) in [5.74, 6) is 0.783. The number of hydrogen-bond acceptors (Lipinski definition) is 6. The highest BCUT2D eigenvalue weighted by Crippen LogP contribution is 2.44. The molecule has 2 heterocycles. The largest absolute Gasteiger partial charge is 0.493 e. The van der Waals surface area contributed by atoms with Gasteiger partial charge in [0.15, 0.2) is 28.8 Å². The predicted octanol–water partition coefficient (Wildman–Crippen LogP) is 7.96. The minimum atomic E-state index is -0.538. The first kappa shape index (κ1) is 33.1. The highest BCUT2D eigenvalue weighted by molar-refractivity contribution is 6.06. The molecule has 2 saturated heterocycles. The van der Waals surface area contributed by atoms with Crippen LogP contribution in [-0.4, -0.2) is 55.3 Å². The zero-order valence-corrected chi connectivity index (χ0v) is 27.4. The summed E-state index contributed by atoms with van der Waals surface area (Å²) in [4.78, 5) is 29.7. The topological polar surface area (TPSA) is 92.4 Å². The molecule has 2 N–H and O–H groups in total. The Labute approximate surface area is 271 Å². The van der Waals surface area contributed by atoms with Gasteiger partial charge in [-0.3, -0.25) is 9.69 Å². The Balaban J connectivity index is 1.24. The summed E-state index contributed by atoms with van der Waals surface area (Å²) in [7, 11) is 3.59. The van der Waals surface area contributed by atoms with Gasteiger partial charge in [0.2, 0.25) is 0 Å². The van der Waals surface area contributed by atoms with Crippen molar-refractivity contribution in [1.82, 2.24) is 10.2 Å². The van der Waals surface area contributed by atoms with Crippen molar-refractivity contribution in [2.75, 3.05) is 30.9 Å². The average molecular weight is 633 g/mol. The van der Waals surface area contributed by atoms with Crippen LogP contribution in [0.4, 0.5) is 20.6 Å². The molecule has 2 aliphatic heterocycles. The van der Waals surface area contributed by atoms with Crippen LogP contribution in [0, 0.1) is 5.82 Å². The average Bonchev–Trinajstić information content (AvgIpc) is 3.21. The molecular formula is C36H45FN4O5. The molecule has 2 bridgehead atoms. The van der Waals surface area contributed by atoms with E-state index in [1.165, 1.54) is 13.2 Å². The molecule has 246 valence electrons. The molecular weight excluding hydrogens is 587 g/mol. The van der Waals surface area contributed by atoms with Crippen LogP contribution in [0.2, 0.25) is 0 Å². The highest BCUT2D eigenvalue weighted by Gasteiger charge is 2.49. The zero-order chi connectivity index (χ0) is 32.8. The number of piperidine rings is 1. The van der Waals surface area contributed by atoms with Crippen LogP contribution in [0.25, 0.3) is 0 Å². The SMILES string of the molecule is CCC(CC)NC(=O)Nc1ccc(Oc2ccc(N(CC)C(=O)c3ccc(OC45CCCC(CC4)N5C)c(F)c3)cc2)c(OC)c1. The van der Waals surface area contributed by atoms with E-state index >= 15 is 4.39 Å². The minimum Gasteiger partial charge on any atom is -0.493 e. The molecule has 5 rings (SSSR count). The van der Waals surface area contributed by atoms with Crippen molar-refractivity contribution >= 4 is 23.3 Å². The third-order valence-electron chi connectivity index (χ3n) is 9.32. The fraction of sp³-hybridized carbons (Fsp3) is 0.444. The van der Waals surface area contributed by atoms with E-state index in [2.05, 4.69) is 22.6 Å². The zero-order valence-electron chi connectivity index (χ0n) is 27.4. The molecule has 2 atom stereocenters. The van der Waals surface area contributed by atoms with E-state index in [1.807, 2.05) is 20.8 Å². The summed E-state index contributed by atoms with van der Waals surface area (Å²) in [6.45, 7) is 6.32. The van der Waals surface area contributed by atoms with E-state index in [0.29, 0.717) is 41.2 Å². The number of rotatable bonds is 12. The lowest BCUT2D eigenvalue weighted by Crippen LogP contribution is -2.52. The van der Waals surface area contributed by atoms with Crippen LogP contribution in [0.15, 0.2) is 60.7 Å². The van der Waals surface area contributed by atoms with E-state index in [-0.39, 0.29) is 29.3 Å². The number of benzene rings is 3. The highest BCUT2D eigenvalue weighted by atomic mass is 19.1. The van der Waals surface area contributed by atoms with Crippen molar-refractivity contribution in [2.24, 2.45) is 0 Å². The summed E-state index contributed by atoms with van der Waals surface area (Å²) in [5.41, 5.74) is 0.998. The van der Waals surface area contributed by atoms with Gasteiger partial charge in [0.1, 0.15) is 5.75 Å². The van der Waals surface area contributed by atoms with Crippen LogP contribution < -0.4 is 29.7 Å². The number of methoxy groups -OCH3 is 1. The van der Waals surface area contributed by atoms with Crippen LogP contribution in [0.1, 0.15) is 76.1 Å². The number of ether oxygens (including phenoxy) is 3. The number of nitrogens with one attached hydrogen (secondary N) is 2. The Morgan fingerprint density at radius 1 is 0.978 bits per heavy atom. The lowest BCUT2D eigenvalue weighted by atomic mass is 10.0. The third kappa shape index (κ3) is 7.07. The standard InChI is InChI=1S/C36H45FN4O5/c1-6-25(7-2)38-35(43)39-26-12-18-32(33(23-26)44-5)45-29-15-13-28(14-16-29)41(8-3)34(42)24-11-17-31(30(37)22-24)46-36-20-9-10-27(19-21-36)40(36)4/h11-18,22-23,25,27H,6-10,19-21H2,1-5H3,(H2,38,39,43). The van der Waals surface area contributed by atoms with Gasteiger partial charge in [-0.25, -0.2) is 9.18 Å². The van der Waals surface area contributed by atoms with Crippen LogP contribution in [0.5, 0.6) is 23.0 Å². The second-order valence-corrected chi connectivity index (χ2v) is 12.0. The smallest absolute Gasteiger partial charge is 0.319 e. The van der Waals surface area contributed by atoms with E-state index in [1.54, 1.807) is 59.5 Å². The maximum absolute atomic E-state index is 15.3. The van der Waals surface area contributed by atoms with Crippen molar-refractivity contribution in [3.05, 3.63) is 72.0 Å². The maximum atomic E-state index is 15.3. The minimum absolute atomic E-state index is 0.107. The van der Waals surface area contributed by atoms with E-state index in [0.717, 1.165) is 44.9 Å². The summed E-state index contributed by atoms with van der Waals surface area (Å²) < 4.78 is 33.2. The van der Waals surface area contributed by atoms with Crippen LogP contribution in [0.3, 0.4) is 0 Å². The van der Waals surface area contributed by atoms with Gasteiger partial charge in [-0.05, 0) is 101 Å². The Bertz CT molecular complexity index is 1530. The number of hydrogen-bond donors (Lipinski definition) is 2. The molecule has 9 nitrogen and oxygen atoms in total. The van der Waals surface area contributed by atoms with Crippen LogP contribution in [-0.2, 0) is 0 Å². The fourth-order valence-corrected chi connectivity index (χ4v) is 6.54. The third-order valence-corrected chi connectivity index (χ3v) is 9.32. The number of halogens is 1. The Hall–Kier alpha value is -4.31. The van der Waals surface area contributed by atoms with E-state index in [9.17, 15) is 9.59 Å². The molecule has 0 aliphatic carbocycles. The predicted molar refractivity (Wildman–Crippen MR) is 178 cm³/mol. The molecule has 0 saturated carbocycles. The molecule has 10 heteroatoms. The van der Waals surface area contributed by atoms with Gasteiger partial charge in [0, 0.05) is 54.5 Å². The van der Waals surface area contributed by atoms with Crippen molar-refractivity contribution in [3.63, 3.8) is 0 Å². The second-order valence-electron chi connectivity index (χ2n) is 12.0. The lowest BCUT2D eigenvalue weighted by molar-refractivity contribution is -0.0842. The molecule has 46 heavy (non-hydrogen) atoms. The molecule has 0 aromatic heterocycles. The normalized spacial score (nSPS) is 19.1. The van der Waals surface area contributed by atoms with Gasteiger partial charge in [0.25, 0.3) is 5.91 Å². The summed E-state index contributed by atoms with van der Waals surface area (Å²) >= 11 is 0.